The largest absolute Gasteiger partial charge is 0.465 e. The molecule has 0 N–H and O–H groups in total. The van der Waals surface area contributed by atoms with E-state index in [0.717, 1.165) is 11.4 Å². The van der Waals surface area contributed by atoms with Crippen LogP contribution >= 0.6 is 29.3 Å². The number of benzene rings is 3. The molecule has 3 aromatic rings. The highest BCUT2D eigenvalue weighted by atomic mass is 35.5. The molecule has 0 aliphatic rings. The predicted octanol–water partition coefficient (Wildman–Crippen LogP) is 5.61. The van der Waals surface area contributed by atoms with E-state index in [1.807, 2.05) is 60.7 Å². The van der Waals surface area contributed by atoms with E-state index in [0.29, 0.717) is 21.2 Å². The molecule has 0 aliphatic heterocycles. The van der Waals surface area contributed by atoms with Gasteiger partial charge in [0, 0.05) is 15.6 Å². The zero-order chi connectivity index (χ0) is 20.0. The van der Waals surface area contributed by atoms with Crippen LogP contribution in [0.3, 0.4) is 0 Å². The Balaban J connectivity index is 2.09. The van der Waals surface area contributed by atoms with Gasteiger partial charge in [0.2, 0.25) is 0 Å². The number of esters is 1. The second kappa shape index (κ2) is 9.47. The lowest BCUT2D eigenvalue weighted by atomic mass is 10.1. The average Bonchev–Trinajstić information content (AvgIpc) is 2.74. The van der Waals surface area contributed by atoms with Crippen molar-refractivity contribution in [3.05, 3.63) is 95.5 Å². The van der Waals surface area contributed by atoms with Crippen molar-refractivity contribution in [2.24, 2.45) is 0 Å². The first-order chi connectivity index (χ1) is 13.5. The predicted molar refractivity (Wildman–Crippen MR) is 118 cm³/mol. The van der Waals surface area contributed by atoms with E-state index < -0.39 is 17.6 Å². The maximum atomic E-state index is 14.3. The van der Waals surface area contributed by atoms with E-state index in [-0.39, 0.29) is 6.61 Å². The summed E-state index contributed by atoms with van der Waals surface area (Å²) in [6.45, 7) is 2.01. The van der Waals surface area contributed by atoms with Crippen LogP contribution in [0, 0.1) is 0 Å². The van der Waals surface area contributed by atoms with Crippen LogP contribution in [0.1, 0.15) is 17.7 Å². The molecule has 0 aliphatic carbocycles. The van der Waals surface area contributed by atoms with Crippen molar-refractivity contribution in [1.82, 2.24) is 0 Å². The molecule has 0 amide bonds. The SMILES string of the molecule is CCOC(=O)C(SP(=O)(c1ccccc1)c1ccccc1)c1ccc(Cl)cc1. The third kappa shape index (κ3) is 4.70. The van der Waals surface area contributed by atoms with Crippen molar-refractivity contribution in [2.75, 3.05) is 6.61 Å². The van der Waals surface area contributed by atoms with Crippen LogP contribution in [-0.4, -0.2) is 12.6 Å². The van der Waals surface area contributed by atoms with Gasteiger partial charge in [-0.05, 0) is 24.6 Å². The van der Waals surface area contributed by atoms with Crippen LogP contribution in [0.25, 0.3) is 0 Å². The molecule has 0 saturated heterocycles. The van der Waals surface area contributed by atoms with Crippen LogP contribution in [0.2, 0.25) is 5.02 Å². The van der Waals surface area contributed by atoms with Crippen molar-refractivity contribution in [2.45, 2.75) is 12.2 Å². The number of ether oxygens (including phenoxy) is 1. The standard InChI is InChI=1S/C22H20ClO3PS/c1-2-26-22(24)21(17-13-15-18(23)16-14-17)28-27(25,19-9-5-3-6-10-19)20-11-7-4-8-12-20/h3-16,21H,2H2,1H3. The van der Waals surface area contributed by atoms with E-state index in [9.17, 15) is 9.36 Å². The molecule has 0 spiro atoms. The van der Waals surface area contributed by atoms with Gasteiger partial charge in [-0.15, -0.1) is 0 Å². The molecule has 0 heterocycles. The lowest BCUT2D eigenvalue weighted by molar-refractivity contribution is -0.142. The molecule has 0 saturated carbocycles. The molecule has 3 aromatic carbocycles. The monoisotopic (exact) mass is 430 g/mol. The molecule has 3 rings (SSSR count). The molecule has 0 fully saturated rings. The maximum Gasteiger partial charge on any atom is 0.324 e. The fourth-order valence-electron chi connectivity index (χ4n) is 2.76. The Labute approximate surface area is 174 Å². The van der Waals surface area contributed by atoms with Gasteiger partial charge in [0.15, 0.2) is 6.34 Å². The van der Waals surface area contributed by atoms with Gasteiger partial charge in [0.05, 0.1) is 6.61 Å². The lowest BCUT2D eigenvalue weighted by Crippen LogP contribution is -2.19. The van der Waals surface area contributed by atoms with E-state index in [4.69, 9.17) is 16.3 Å². The van der Waals surface area contributed by atoms with Gasteiger partial charge < -0.3 is 9.30 Å². The van der Waals surface area contributed by atoms with E-state index in [1.54, 1.807) is 31.2 Å². The van der Waals surface area contributed by atoms with Crippen molar-refractivity contribution >= 4 is 45.9 Å². The number of carbonyl (C=O) groups is 1. The molecule has 0 aromatic heterocycles. The van der Waals surface area contributed by atoms with Gasteiger partial charge in [0.25, 0.3) is 0 Å². The summed E-state index contributed by atoms with van der Waals surface area (Å²) in [5, 5.41) is 1.22. The Morgan fingerprint density at radius 2 is 1.43 bits per heavy atom. The topological polar surface area (TPSA) is 43.4 Å². The molecule has 1 atom stereocenters. The van der Waals surface area contributed by atoms with Gasteiger partial charge >= 0.3 is 5.97 Å². The summed E-state index contributed by atoms with van der Waals surface area (Å²) in [7, 11) is 0. The van der Waals surface area contributed by atoms with Crippen LogP contribution in [0.5, 0.6) is 0 Å². The minimum Gasteiger partial charge on any atom is -0.465 e. The molecule has 3 nitrogen and oxygen atoms in total. The van der Waals surface area contributed by atoms with Crippen molar-refractivity contribution in [3.63, 3.8) is 0 Å². The Morgan fingerprint density at radius 1 is 0.929 bits per heavy atom. The van der Waals surface area contributed by atoms with Crippen LogP contribution in [-0.2, 0) is 14.1 Å². The van der Waals surface area contributed by atoms with Gasteiger partial charge in [-0.2, -0.15) is 0 Å². The van der Waals surface area contributed by atoms with Gasteiger partial charge in [-0.3, -0.25) is 4.79 Å². The average molecular weight is 431 g/mol. The molecule has 1 unspecified atom stereocenters. The molecular formula is C22H20ClO3PS. The van der Waals surface area contributed by atoms with E-state index in [1.165, 1.54) is 0 Å². The zero-order valence-corrected chi connectivity index (χ0v) is 17.8. The van der Waals surface area contributed by atoms with Crippen molar-refractivity contribution in [1.29, 1.82) is 0 Å². The minimum atomic E-state index is -3.15. The first kappa shape index (κ1) is 20.7. The first-order valence-electron chi connectivity index (χ1n) is 8.86. The summed E-state index contributed by atoms with van der Waals surface area (Å²) < 4.78 is 19.6. The number of carbonyl (C=O) groups excluding carboxylic acids is 1. The second-order valence-corrected chi connectivity index (χ2v) is 11.4. The fourth-order valence-corrected chi connectivity index (χ4v) is 8.26. The fraction of sp³-hybridized carbons (Fsp3) is 0.136. The van der Waals surface area contributed by atoms with E-state index in [2.05, 4.69) is 0 Å². The molecule has 28 heavy (non-hydrogen) atoms. The van der Waals surface area contributed by atoms with Crippen molar-refractivity contribution < 1.29 is 14.1 Å². The number of hydrogen-bond donors (Lipinski definition) is 0. The van der Waals surface area contributed by atoms with Crippen LogP contribution < -0.4 is 10.6 Å². The summed E-state index contributed by atoms with van der Waals surface area (Å²) in [6.07, 6.45) is -3.15. The quantitative estimate of drug-likeness (QED) is 0.361. The highest BCUT2D eigenvalue weighted by Crippen LogP contribution is 2.62. The van der Waals surface area contributed by atoms with E-state index >= 15 is 0 Å². The zero-order valence-electron chi connectivity index (χ0n) is 15.3. The summed E-state index contributed by atoms with van der Waals surface area (Å²) in [6, 6.07) is 25.5. The third-order valence-electron chi connectivity index (χ3n) is 4.12. The van der Waals surface area contributed by atoms with Gasteiger partial charge in [-0.1, -0.05) is 95.8 Å². The first-order valence-corrected chi connectivity index (χ1v) is 12.4. The lowest BCUT2D eigenvalue weighted by Gasteiger charge is -2.24. The van der Waals surface area contributed by atoms with Crippen LogP contribution in [0.15, 0.2) is 84.9 Å². The highest BCUT2D eigenvalue weighted by Gasteiger charge is 2.36. The summed E-state index contributed by atoms with van der Waals surface area (Å²) in [5.74, 6) is -0.415. The van der Waals surface area contributed by atoms with Gasteiger partial charge in [-0.25, -0.2) is 0 Å². The Kier molecular flexibility index (Phi) is 7.01. The van der Waals surface area contributed by atoms with Crippen LogP contribution in [0.4, 0.5) is 0 Å². The number of rotatable bonds is 7. The van der Waals surface area contributed by atoms with Gasteiger partial charge in [0.1, 0.15) is 5.25 Å². The van der Waals surface area contributed by atoms with Crippen molar-refractivity contribution in [3.8, 4) is 0 Å². The minimum absolute atomic E-state index is 0.254. The molecule has 0 bridgehead atoms. The Bertz CT molecular complexity index is 919. The summed E-state index contributed by atoms with van der Waals surface area (Å²) in [5.41, 5.74) is 0.708. The second-order valence-electron chi connectivity index (χ2n) is 6.01. The molecule has 6 heteroatoms. The number of halogens is 1. The Hall–Kier alpha value is -2.00. The maximum absolute atomic E-state index is 14.3. The molecular weight excluding hydrogens is 411 g/mol. The summed E-state index contributed by atoms with van der Waals surface area (Å²) >= 11 is 7.15. The smallest absolute Gasteiger partial charge is 0.324 e. The molecule has 144 valence electrons. The third-order valence-corrected chi connectivity index (χ3v) is 10.1. The normalized spacial score (nSPS) is 12.4. The molecule has 0 radical (unpaired) electrons. The number of hydrogen-bond acceptors (Lipinski definition) is 4. The Morgan fingerprint density at radius 3 is 1.89 bits per heavy atom. The highest BCUT2D eigenvalue weighted by molar-refractivity contribution is 8.62. The summed E-state index contributed by atoms with van der Waals surface area (Å²) in [4.78, 5) is 12.8.